The zero-order chi connectivity index (χ0) is 25.3. The average Bonchev–Trinajstić information content (AvgIpc) is 2.70. The Morgan fingerprint density at radius 2 is 1.33 bits per heavy atom. The van der Waals surface area contributed by atoms with Gasteiger partial charge in [0, 0.05) is 23.5 Å². The SMILES string of the molecule is C#CC(C)(C)NC(=O)c1cc(F)ccc1NC(C)C.CC(C)Nc1ccc(F)cc1C(=O)O. The number of aromatic carboxylic acids is 1. The van der Waals surface area contributed by atoms with Crippen LogP contribution in [-0.2, 0) is 0 Å². The van der Waals surface area contributed by atoms with Gasteiger partial charge in [0.15, 0.2) is 0 Å². The van der Waals surface area contributed by atoms with Gasteiger partial charge in [-0.15, -0.1) is 6.42 Å². The van der Waals surface area contributed by atoms with Crippen molar-refractivity contribution in [1.82, 2.24) is 5.32 Å². The molecule has 0 bridgehead atoms. The van der Waals surface area contributed by atoms with Crippen molar-refractivity contribution < 1.29 is 23.5 Å². The molecule has 6 nitrogen and oxygen atoms in total. The Kier molecular flexibility index (Phi) is 9.86. The van der Waals surface area contributed by atoms with Gasteiger partial charge in [-0.1, -0.05) is 5.92 Å². The number of hydrogen-bond acceptors (Lipinski definition) is 4. The van der Waals surface area contributed by atoms with Gasteiger partial charge in [0.2, 0.25) is 0 Å². The number of benzene rings is 2. The molecule has 2 aromatic carbocycles. The van der Waals surface area contributed by atoms with Crippen LogP contribution in [0.4, 0.5) is 20.2 Å². The molecule has 2 aromatic rings. The van der Waals surface area contributed by atoms with E-state index in [0.717, 1.165) is 6.07 Å². The first-order chi connectivity index (χ1) is 15.3. The van der Waals surface area contributed by atoms with Crippen molar-refractivity contribution in [3.63, 3.8) is 0 Å². The summed E-state index contributed by atoms with van der Waals surface area (Å²) in [6.45, 7) is 11.1. The second-order valence-corrected chi connectivity index (χ2v) is 8.51. The molecule has 0 radical (unpaired) electrons. The molecule has 0 aromatic heterocycles. The van der Waals surface area contributed by atoms with Gasteiger partial charge in [-0.3, -0.25) is 4.79 Å². The molecule has 0 atom stereocenters. The second kappa shape index (κ2) is 11.9. The van der Waals surface area contributed by atoms with E-state index in [0.29, 0.717) is 11.4 Å². The van der Waals surface area contributed by atoms with Gasteiger partial charge in [0.05, 0.1) is 16.7 Å². The van der Waals surface area contributed by atoms with Crippen LogP contribution in [0, 0.1) is 24.0 Å². The molecule has 0 saturated heterocycles. The third-order valence-electron chi connectivity index (χ3n) is 4.11. The number of terminal acetylenes is 1. The summed E-state index contributed by atoms with van der Waals surface area (Å²) in [5.41, 5.74) is 0.449. The van der Waals surface area contributed by atoms with E-state index in [1.807, 2.05) is 27.7 Å². The summed E-state index contributed by atoms with van der Waals surface area (Å²) < 4.78 is 26.1. The number of carboxylic acids is 1. The topological polar surface area (TPSA) is 90.5 Å². The van der Waals surface area contributed by atoms with Crippen LogP contribution in [0.3, 0.4) is 0 Å². The molecule has 0 aliphatic heterocycles. The second-order valence-electron chi connectivity index (χ2n) is 8.51. The summed E-state index contributed by atoms with van der Waals surface area (Å²) in [4.78, 5) is 22.9. The molecule has 0 saturated carbocycles. The molecule has 2 rings (SSSR count). The fourth-order valence-corrected chi connectivity index (χ4v) is 2.66. The smallest absolute Gasteiger partial charge is 0.337 e. The van der Waals surface area contributed by atoms with Crippen LogP contribution in [-0.4, -0.2) is 34.6 Å². The van der Waals surface area contributed by atoms with Gasteiger partial charge in [0.25, 0.3) is 5.91 Å². The molecule has 178 valence electrons. The minimum absolute atomic E-state index is 0.0429. The van der Waals surface area contributed by atoms with Crippen molar-refractivity contribution in [3.8, 4) is 12.3 Å². The maximum absolute atomic E-state index is 13.3. The Morgan fingerprint density at radius 1 is 0.909 bits per heavy atom. The molecule has 0 aliphatic rings. The Morgan fingerprint density at radius 3 is 1.73 bits per heavy atom. The van der Waals surface area contributed by atoms with Gasteiger partial charge in [-0.2, -0.15) is 0 Å². The van der Waals surface area contributed by atoms with Gasteiger partial charge in [-0.25, -0.2) is 13.6 Å². The van der Waals surface area contributed by atoms with E-state index in [1.54, 1.807) is 19.9 Å². The number of halogens is 2. The maximum atomic E-state index is 13.3. The number of carboxylic acid groups (broad SMARTS) is 1. The highest BCUT2D eigenvalue weighted by molar-refractivity contribution is 6.00. The Labute approximate surface area is 193 Å². The summed E-state index contributed by atoms with van der Waals surface area (Å²) in [7, 11) is 0. The van der Waals surface area contributed by atoms with Crippen LogP contribution in [0.1, 0.15) is 62.3 Å². The molecule has 8 heteroatoms. The van der Waals surface area contributed by atoms with Crippen LogP contribution in [0.15, 0.2) is 36.4 Å². The van der Waals surface area contributed by atoms with E-state index in [9.17, 15) is 18.4 Å². The zero-order valence-electron chi connectivity index (χ0n) is 19.7. The highest BCUT2D eigenvalue weighted by Gasteiger charge is 2.21. The first-order valence-electron chi connectivity index (χ1n) is 10.4. The summed E-state index contributed by atoms with van der Waals surface area (Å²) in [6, 6.07) is 7.98. The normalized spacial score (nSPS) is 10.7. The first kappa shape index (κ1) is 27.4. The van der Waals surface area contributed by atoms with Gasteiger partial charge < -0.3 is 21.1 Å². The van der Waals surface area contributed by atoms with Crippen molar-refractivity contribution in [1.29, 1.82) is 0 Å². The lowest BCUT2D eigenvalue weighted by atomic mass is 10.1. The molecule has 0 aliphatic carbocycles. The van der Waals surface area contributed by atoms with Gasteiger partial charge in [-0.05, 0) is 77.9 Å². The zero-order valence-corrected chi connectivity index (χ0v) is 19.7. The molecular weight excluding hydrogens is 428 g/mol. The molecule has 4 N–H and O–H groups in total. The Balaban J connectivity index is 0.000000346. The molecule has 0 unspecified atom stereocenters. The fraction of sp³-hybridized carbons (Fsp3) is 0.360. The number of hydrogen-bond donors (Lipinski definition) is 4. The third kappa shape index (κ3) is 9.19. The largest absolute Gasteiger partial charge is 0.478 e. The summed E-state index contributed by atoms with van der Waals surface area (Å²) in [6.07, 6.45) is 5.33. The third-order valence-corrected chi connectivity index (χ3v) is 4.11. The number of amides is 1. The lowest BCUT2D eigenvalue weighted by molar-refractivity contribution is 0.0697. The van der Waals surface area contributed by atoms with Crippen molar-refractivity contribution >= 4 is 23.3 Å². The lowest BCUT2D eigenvalue weighted by Gasteiger charge is -2.21. The van der Waals surface area contributed by atoms with Gasteiger partial charge in [0.1, 0.15) is 11.6 Å². The van der Waals surface area contributed by atoms with Gasteiger partial charge >= 0.3 is 5.97 Å². The van der Waals surface area contributed by atoms with E-state index < -0.39 is 29.0 Å². The van der Waals surface area contributed by atoms with Crippen LogP contribution >= 0.6 is 0 Å². The maximum Gasteiger partial charge on any atom is 0.337 e. The van der Waals surface area contributed by atoms with Crippen LogP contribution < -0.4 is 16.0 Å². The molecule has 0 spiro atoms. The Hall–Kier alpha value is -3.60. The van der Waals surface area contributed by atoms with E-state index in [4.69, 9.17) is 11.5 Å². The molecule has 1 amide bonds. The average molecular weight is 460 g/mol. The summed E-state index contributed by atoms with van der Waals surface area (Å²) in [5, 5.41) is 17.5. The van der Waals surface area contributed by atoms with Crippen molar-refractivity contribution in [3.05, 3.63) is 59.2 Å². The Bertz CT molecular complexity index is 1030. The first-order valence-corrected chi connectivity index (χ1v) is 10.4. The monoisotopic (exact) mass is 459 g/mol. The quantitative estimate of drug-likeness (QED) is 0.431. The molecular formula is C25H31F2N3O3. The number of carbonyl (C=O) groups is 2. The van der Waals surface area contributed by atoms with E-state index in [1.165, 1.54) is 24.3 Å². The molecule has 0 fully saturated rings. The number of carbonyl (C=O) groups excluding carboxylic acids is 1. The number of rotatable bonds is 7. The van der Waals surface area contributed by atoms with E-state index in [-0.39, 0.29) is 23.2 Å². The van der Waals surface area contributed by atoms with Crippen LogP contribution in [0.5, 0.6) is 0 Å². The summed E-state index contributed by atoms with van der Waals surface area (Å²) >= 11 is 0. The highest BCUT2D eigenvalue weighted by atomic mass is 19.1. The fourth-order valence-electron chi connectivity index (χ4n) is 2.66. The number of anilines is 2. The standard InChI is InChI=1S/C15H19FN2O.C10H12FNO2/c1-6-15(4,5)18-14(19)12-9-11(16)7-8-13(12)17-10(2)3;1-6(2)12-9-4-3-7(11)5-8(9)10(13)14/h1,7-10,17H,2-5H3,(H,18,19);3-6,12H,1-2H3,(H,13,14). The minimum atomic E-state index is -1.13. The van der Waals surface area contributed by atoms with Crippen LogP contribution in [0.2, 0.25) is 0 Å². The molecule has 0 heterocycles. The van der Waals surface area contributed by atoms with Crippen molar-refractivity contribution in [2.75, 3.05) is 10.6 Å². The van der Waals surface area contributed by atoms with Crippen LogP contribution in [0.25, 0.3) is 0 Å². The highest BCUT2D eigenvalue weighted by Crippen LogP contribution is 2.19. The number of nitrogens with one attached hydrogen (secondary N) is 3. The van der Waals surface area contributed by atoms with Crippen molar-refractivity contribution in [2.45, 2.75) is 59.2 Å². The van der Waals surface area contributed by atoms with Crippen molar-refractivity contribution in [2.24, 2.45) is 0 Å². The molecule has 33 heavy (non-hydrogen) atoms. The minimum Gasteiger partial charge on any atom is -0.478 e. The van der Waals surface area contributed by atoms with E-state index >= 15 is 0 Å². The lowest BCUT2D eigenvalue weighted by Crippen LogP contribution is -2.42. The predicted molar refractivity (Wildman–Crippen MR) is 128 cm³/mol. The van der Waals surface area contributed by atoms with E-state index in [2.05, 4.69) is 21.9 Å². The predicted octanol–water partition coefficient (Wildman–Crippen LogP) is 5.13. The summed E-state index contributed by atoms with van der Waals surface area (Å²) in [5.74, 6) is -0.0636.